The lowest BCUT2D eigenvalue weighted by Crippen LogP contribution is -2.37. The van der Waals surface area contributed by atoms with Crippen LogP contribution >= 0.6 is 0 Å². The molecular formula is C13H27NO2. The zero-order valence-electron chi connectivity index (χ0n) is 11.4. The number of carbonyl (C=O) groups excluding carboxylic acids is 1. The van der Waals surface area contributed by atoms with Crippen molar-refractivity contribution in [2.45, 2.75) is 59.9 Å². The van der Waals surface area contributed by atoms with Crippen LogP contribution in [0.15, 0.2) is 0 Å². The molecule has 3 nitrogen and oxygen atoms in total. The second-order valence-corrected chi connectivity index (χ2v) is 5.56. The molecule has 0 heterocycles. The number of hydrogen-bond donors (Lipinski definition) is 1. The smallest absolute Gasteiger partial charge is 0.323 e. The highest BCUT2D eigenvalue weighted by Crippen LogP contribution is 2.25. The van der Waals surface area contributed by atoms with Crippen molar-refractivity contribution in [1.82, 2.24) is 0 Å². The molecule has 0 amide bonds. The molecule has 0 saturated heterocycles. The Balaban J connectivity index is 3.71. The van der Waals surface area contributed by atoms with Crippen LogP contribution < -0.4 is 5.73 Å². The summed E-state index contributed by atoms with van der Waals surface area (Å²) in [4.78, 5) is 11.4. The highest BCUT2D eigenvalue weighted by Gasteiger charge is 2.19. The van der Waals surface area contributed by atoms with Crippen LogP contribution in [-0.2, 0) is 9.53 Å². The fourth-order valence-electron chi connectivity index (χ4n) is 1.27. The molecule has 2 N–H and O–H groups in total. The molecule has 0 bridgehead atoms. The van der Waals surface area contributed by atoms with E-state index >= 15 is 0 Å². The summed E-state index contributed by atoms with van der Waals surface area (Å²) in [5.41, 5.74) is 6.02. The predicted molar refractivity (Wildman–Crippen MR) is 67.1 cm³/mol. The van der Waals surface area contributed by atoms with Crippen LogP contribution in [0, 0.1) is 11.3 Å². The van der Waals surface area contributed by atoms with E-state index in [2.05, 4.69) is 20.8 Å². The van der Waals surface area contributed by atoms with Crippen molar-refractivity contribution in [2.24, 2.45) is 17.1 Å². The highest BCUT2D eigenvalue weighted by atomic mass is 16.5. The van der Waals surface area contributed by atoms with Gasteiger partial charge in [0.2, 0.25) is 0 Å². The van der Waals surface area contributed by atoms with Crippen molar-refractivity contribution in [3.05, 3.63) is 0 Å². The summed E-state index contributed by atoms with van der Waals surface area (Å²) in [5.74, 6) is -0.135. The Bertz CT molecular complexity index is 212. The van der Waals surface area contributed by atoms with Gasteiger partial charge in [-0.1, -0.05) is 41.0 Å². The second kappa shape index (κ2) is 6.89. The van der Waals surface area contributed by atoms with Gasteiger partial charge in [0.05, 0.1) is 6.61 Å². The fraction of sp³-hybridized carbons (Fsp3) is 0.923. The van der Waals surface area contributed by atoms with Gasteiger partial charge in [0, 0.05) is 0 Å². The number of carbonyl (C=O) groups is 1. The third-order valence-electron chi connectivity index (χ3n) is 3.19. The monoisotopic (exact) mass is 229 g/mol. The van der Waals surface area contributed by atoms with Crippen LogP contribution in [0.25, 0.3) is 0 Å². The highest BCUT2D eigenvalue weighted by molar-refractivity contribution is 5.75. The van der Waals surface area contributed by atoms with Crippen LogP contribution in [-0.4, -0.2) is 18.6 Å². The van der Waals surface area contributed by atoms with Crippen molar-refractivity contribution in [2.75, 3.05) is 6.61 Å². The molecule has 0 aromatic rings. The SMILES string of the molecule is CCC(C)(C)CCCOC(=O)[C@H](N)C(C)C. The average molecular weight is 229 g/mol. The molecule has 1 atom stereocenters. The number of nitrogens with two attached hydrogens (primary N) is 1. The molecule has 0 aliphatic heterocycles. The number of ether oxygens (including phenoxy) is 1. The maximum Gasteiger partial charge on any atom is 0.323 e. The van der Waals surface area contributed by atoms with Crippen molar-refractivity contribution in [1.29, 1.82) is 0 Å². The predicted octanol–water partition coefficient (Wildman–Crippen LogP) is 2.73. The molecular weight excluding hydrogens is 202 g/mol. The van der Waals surface area contributed by atoms with Gasteiger partial charge in [-0.3, -0.25) is 4.79 Å². The normalized spacial score (nSPS) is 13.9. The minimum absolute atomic E-state index is 0.139. The summed E-state index contributed by atoms with van der Waals surface area (Å²) in [5, 5.41) is 0. The van der Waals surface area contributed by atoms with Crippen molar-refractivity contribution in [3.8, 4) is 0 Å². The Kier molecular flexibility index (Phi) is 6.65. The van der Waals surface area contributed by atoms with Gasteiger partial charge in [0.1, 0.15) is 6.04 Å². The lowest BCUT2D eigenvalue weighted by Gasteiger charge is -2.22. The lowest BCUT2D eigenvalue weighted by atomic mass is 9.85. The molecule has 0 fully saturated rings. The van der Waals surface area contributed by atoms with Gasteiger partial charge in [0.15, 0.2) is 0 Å². The van der Waals surface area contributed by atoms with Gasteiger partial charge < -0.3 is 10.5 Å². The summed E-state index contributed by atoms with van der Waals surface area (Å²) in [6.45, 7) is 11.0. The van der Waals surface area contributed by atoms with E-state index in [-0.39, 0.29) is 11.9 Å². The van der Waals surface area contributed by atoms with Gasteiger partial charge in [-0.05, 0) is 24.2 Å². The van der Waals surface area contributed by atoms with E-state index < -0.39 is 6.04 Å². The quantitative estimate of drug-likeness (QED) is 0.539. The fourth-order valence-corrected chi connectivity index (χ4v) is 1.27. The molecule has 0 aliphatic rings. The third-order valence-corrected chi connectivity index (χ3v) is 3.19. The third kappa shape index (κ3) is 6.11. The summed E-state index contributed by atoms with van der Waals surface area (Å²) in [6, 6.07) is -0.487. The molecule has 0 aromatic heterocycles. The maximum absolute atomic E-state index is 11.4. The molecule has 0 saturated carbocycles. The molecule has 0 spiro atoms. The Hall–Kier alpha value is -0.570. The summed E-state index contributed by atoms with van der Waals surface area (Å²) < 4.78 is 5.14. The summed E-state index contributed by atoms with van der Waals surface area (Å²) in [7, 11) is 0. The molecule has 0 aromatic carbocycles. The standard InChI is InChI=1S/C13H27NO2/c1-6-13(4,5)8-7-9-16-12(15)11(14)10(2)3/h10-11H,6-9,14H2,1-5H3/t11-/m1/s1. The zero-order valence-corrected chi connectivity index (χ0v) is 11.4. The maximum atomic E-state index is 11.4. The molecule has 3 heteroatoms. The van der Waals surface area contributed by atoms with Gasteiger partial charge in [-0.25, -0.2) is 0 Å². The molecule has 16 heavy (non-hydrogen) atoms. The molecule has 0 unspecified atom stereocenters. The summed E-state index contributed by atoms with van der Waals surface area (Å²) in [6.07, 6.45) is 3.14. The lowest BCUT2D eigenvalue weighted by molar-refractivity contribution is -0.146. The number of hydrogen-bond acceptors (Lipinski definition) is 3. The Morgan fingerprint density at radius 3 is 2.38 bits per heavy atom. The zero-order chi connectivity index (χ0) is 12.8. The van der Waals surface area contributed by atoms with Crippen molar-refractivity contribution < 1.29 is 9.53 Å². The second-order valence-electron chi connectivity index (χ2n) is 5.56. The van der Waals surface area contributed by atoms with Crippen LogP contribution in [0.1, 0.15) is 53.9 Å². The first kappa shape index (κ1) is 15.4. The van der Waals surface area contributed by atoms with E-state index in [1.165, 1.54) is 0 Å². The summed E-state index contributed by atoms with van der Waals surface area (Å²) >= 11 is 0. The van der Waals surface area contributed by atoms with Crippen molar-refractivity contribution >= 4 is 5.97 Å². The molecule has 0 rings (SSSR count). The average Bonchev–Trinajstić information content (AvgIpc) is 2.22. The van der Waals surface area contributed by atoms with E-state index in [1.54, 1.807) is 0 Å². The van der Waals surface area contributed by atoms with Gasteiger partial charge in [0.25, 0.3) is 0 Å². The molecule has 0 aliphatic carbocycles. The minimum atomic E-state index is -0.487. The first-order valence-electron chi connectivity index (χ1n) is 6.22. The number of rotatable bonds is 7. The van der Waals surface area contributed by atoms with Crippen LogP contribution in [0.4, 0.5) is 0 Å². The van der Waals surface area contributed by atoms with E-state index in [1.807, 2.05) is 13.8 Å². The van der Waals surface area contributed by atoms with Gasteiger partial charge >= 0.3 is 5.97 Å². The Morgan fingerprint density at radius 1 is 1.38 bits per heavy atom. The molecule has 96 valence electrons. The van der Waals surface area contributed by atoms with Crippen LogP contribution in [0.2, 0.25) is 0 Å². The first-order valence-corrected chi connectivity index (χ1v) is 6.22. The van der Waals surface area contributed by atoms with Crippen LogP contribution in [0.3, 0.4) is 0 Å². The Labute approximate surface area is 99.7 Å². The molecule has 0 radical (unpaired) electrons. The van der Waals surface area contributed by atoms with Gasteiger partial charge in [-0.2, -0.15) is 0 Å². The number of esters is 1. The minimum Gasteiger partial charge on any atom is -0.465 e. The van der Waals surface area contributed by atoms with E-state index in [0.717, 1.165) is 19.3 Å². The topological polar surface area (TPSA) is 52.3 Å². The van der Waals surface area contributed by atoms with Gasteiger partial charge in [-0.15, -0.1) is 0 Å². The van der Waals surface area contributed by atoms with Crippen molar-refractivity contribution in [3.63, 3.8) is 0 Å². The van der Waals surface area contributed by atoms with E-state index in [9.17, 15) is 4.79 Å². The van der Waals surface area contributed by atoms with Crippen LogP contribution in [0.5, 0.6) is 0 Å². The van der Waals surface area contributed by atoms with E-state index in [4.69, 9.17) is 10.5 Å². The Morgan fingerprint density at radius 2 is 1.94 bits per heavy atom. The first-order chi connectivity index (χ1) is 7.30. The van der Waals surface area contributed by atoms with E-state index in [0.29, 0.717) is 12.0 Å². The largest absolute Gasteiger partial charge is 0.465 e.